The molecule has 0 aromatic carbocycles. The van der Waals surface area contributed by atoms with Gasteiger partial charge in [0.25, 0.3) is 0 Å². The number of primary amides is 1. The van der Waals surface area contributed by atoms with Gasteiger partial charge >= 0.3 is 5.97 Å². The SMILES string of the molecule is C[C@H](CC(=O)N1C(C(=O)O)=C(S[C@@H]2CN[C@H](C(=O)N3CCC(CNCC(N)=O)CC3)C2)[C@H](C)[C@@H]1C)NC(=O)Cn1cnnn1. The summed E-state index contributed by atoms with van der Waals surface area (Å²) in [6, 6.07) is -1.27. The average Bonchev–Trinajstić information content (AvgIpc) is 3.70. The summed E-state index contributed by atoms with van der Waals surface area (Å²) in [5.41, 5.74) is 5.14. The first-order valence-electron chi connectivity index (χ1n) is 14.9. The number of nitrogens with two attached hydrogens (primary N) is 1. The molecule has 0 saturated carbocycles. The van der Waals surface area contributed by atoms with Crippen LogP contribution >= 0.6 is 11.8 Å². The predicted octanol–water partition coefficient (Wildman–Crippen LogP) is -1.49. The number of tetrazole rings is 1. The van der Waals surface area contributed by atoms with E-state index in [1.807, 2.05) is 18.7 Å². The van der Waals surface area contributed by atoms with Gasteiger partial charge in [-0.15, -0.1) is 16.9 Å². The van der Waals surface area contributed by atoms with E-state index in [9.17, 15) is 29.1 Å². The Bertz CT molecular complexity index is 1250. The van der Waals surface area contributed by atoms with Crippen LogP contribution in [-0.4, -0.2) is 121 Å². The molecule has 1 aromatic heterocycles. The Kier molecular flexibility index (Phi) is 11.3. The molecule has 2 fully saturated rings. The lowest BCUT2D eigenvalue weighted by molar-refractivity contribution is -0.140. The molecular weight excluding hydrogens is 592 g/mol. The van der Waals surface area contributed by atoms with Gasteiger partial charge in [0.15, 0.2) is 0 Å². The van der Waals surface area contributed by atoms with Crippen molar-refractivity contribution in [1.82, 2.24) is 46.0 Å². The van der Waals surface area contributed by atoms with Crippen LogP contribution in [0.25, 0.3) is 0 Å². The number of amides is 4. The van der Waals surface area contributed by atoms with E-state index in [0.717, 1.165) is 12.8 Å². The van der Waals surface area contributed by atoms with E-state index in [-0.39, 0.29) is 60.3 Å². The van der Waals surface area contributed by atoms with Crippen LogP contribution in [0.3, 0.4) is 0 Å². The van der Waals surface area contributed by atoms with Gasteiger partial charge in [0.05, 0.1) is 12.6 Å². The number of carbonyl (C=O) groups excluding carboxylic acids is 4. The minimum Gasteiger partial charge on any atom is -0.477 e. The molecule has 44 heavy (non-hydrogen) atoms. The topological polar surface area (TPSA) is 218 Å². The minimum atomic E-state index is -1.18. The summed E-state index contributed by atoms with van der Waals surface area (Å²) < 4.78 is 1.26. The Balaban J connectivity index is 1.31. The summed E-state index contributed by atoms with van der Waals surface area (Å²) in [6.45, 7) is 8.00. The maximum absolute atomic E-state index is 13.4. The first-order valence-corrected chi connectivity index (χ1v) is 15.8. The van der Waals surface area contributed by atoms with Gasteiger partial charge in [-0.25, -0.2) is 9.48 Å². The zero-order chi connectivity index (χ0) is 32.0. The molecule has 3 aliphatic heterocycles. The molecule has 242 valence electrons. The zero-order valence-corrected chi connectivity index (χ0v) is 26.1. The number of rotatable bonds is 13. The Morgan fingerprint density at radius 2 is 1.93 bits per heavy atom. The predicted molar refractivity (Wildman–Crippen MR) is 159 cm³/mol. The van der Waals surface area contributed by atoms with Gasteiger partial charge in [-0.1, -0.05) is 6.92 Å². The lowest BCUT2D eigenvalue weighted by atomic mass is 9.96. The van der Waals surface area contributed by atoms with Crippen molar-refractivity contribution in [3.8, 4) is 0 Å². The fourth-order valence-electron chi connectivity index (χ4n) is 5.97. The van der Waals surface area contributed by atoms with Crippen LogP contribution in [-0.2, 0) is 30.5 Å². The van der Waals surface area contributed by atoms with E-state index < -0.39 is 23.8 Å². The van der Waals surface area contributed by atoms with E-state index in [4.69, 9.17) is 5.73 Å². The number of hydrogen-bond donors (Lipinski definition) is 5. The van der Waals surface area contributed by atoms with Crippen molar-refractivity contribution in [2.45, 2.75) is 76.4 Å². The molecule has 0 bridgehead atoms. The van der Waals surface area contributed by atoms with E-state index in [2.05, 4.69) is 31.5 Å². The standard InChI is InChI=1S/C27H42N10O6S/c1-15(32-22(39)13-36-14-31-33-34-36)8-23(40)37-17(3)16(2)25(24(37)27(42)43)44-19-9-20(30-11-19)26(41)35-6-4-18(5-7-35)10-29-12-21(28)38/h14-20,29-30H,4-13H2,1-3H3,(H2,28,38)(H,32,39)(H,42,43)/t15-,16-,17+,19+,20+/m1/s1. The normalized spacial score (nSPS) is 24.9. The van der Waals surface area contributed by atoms with E-state index in [0.29, 0.717) is 43.4 Å². The third kappa shape index (κ3) is 8.32. The van der Waals surface area contributed by atoms with Crippen molar-refractivity contribution >= 4 is 41.4 Å². The molecule has 0 spiro atoms. The van der Waals surface area contributed by atoms with Crippen LogP contribution in [0.2, 0.25) is 0 Å². The Hall–Kier alpha value is -3.57. The number of carboxylic acids is 1. The average molecular weight is 635 g/mol. The summed E-state index contributed by atoms with van der Waals surface area (Å²) in [7, 11) is 0. The fraction of sp³-hybridized carbons (Fsp3) is 0.704. The monoisotopic (exact) mass is 634 g/mol. The van der Waals surface area contributed by atoms with Crippen molar-refractivity contribution in [2.24, 2.45) is 17.6 Å². The number of carboxylic acid groups (broad SMARTS) is 1. The second-order valence-corrected chi connectivity index (χ2v) is 13.1. The maximum Gasteiger partial charge on any atom is 0.353 e. The molecule has 6 N–H and O–H groups in total. The first-order chi connectivity index (χ1) is 20.9. The highest BCUT2D eigenvalue weighted by Gasteiger charge is 2.44. The minimum absolute atomic E-state index is 0.0296. The largest absolute Gasteiger partial charge is 0.477 e. The molecule has 1 aromatic rings. The van der Waals surface area contributed by atoms with Gasteiger partial charge in [0.2, 0.25) is 23.6 Å². The number of nitrogens with one attached hydrogen (secondary N) is 3. The van der Waals surface area contributed by atoms with Crippen molar-refractivity contribution < 1.29 is 29.1 Å². The number of thioether (sulfide) groups is 1. The molecule has 2 saturated heterocycles. The van der Waals surface area contributed by atoms with Crippen LogP contribution in [0.4, 0.5) is 0 Å². The van der Waals surface area contributed by atoms with Crippen LogP contribution < -0.4 is 21.7 Å². The summed E-state index contributed by atoms with van der Waals surface area (Å²) in [4.78, 5) is 66.2. The molecule has 16 nitrogen and oxygen atoms in total. The summed E-state index contributed by atoms with van der Waals surface area (Å²) in [5.74, 6) is -2.12. The Morgan fingerprint density at radius 3 is 2.57 bits per heavy atom. The summed E-state index contributed by atoms with van der Waals surface area (Å²) >= 11 is 1.43. The van der Waals surface area contributed by atoms with E-state index >= 15 is 0 Å². The number of hydrogen-bond acceptors (Lipinski definition) is 11. The lowest BCUT2D eigenvalue weighted by Crippen LogP contribution is -2.48. The smallest absolute Gasteiger partial charge is 0.353 e. The second kappa shape index (κ2) is 14.9. The molecule has 17 heteroatoms. The number of likely N-dealkylation sites (tertiary alicyclic amines) is 1. The molecule has 4 amide bonds. The van der Waals surface area contributed by atoms with Crippen molar-refractivity contribution in [3.05, 3.63) is 16.9 Å². The molecule has 0 aliphatic carbocycles. The highest BCUT2D eigenvalue weighted by atomic mass is 32.2. The van der Waals surface area contributed by atoms with Gasteiger partial charge in [-0.2, -0.15) is 0 Å². The number of piperidine rings is 1. The van der Waals surface area contributed by atoms with E-state index in [1.165, 1.54) is 27.7 Å². The fourth-order valence-corrected chi connectivity index (χ4v) is 7.51. The van der Waals surface area contributed by atoms with Crippen molar-refractivity contribution in [2.75, 3.05) is 32.7 Å². The van der Waals surface area contributed by atoms with Crippen LogP contribution in [0.15, 0.2) is 16.9 Å². The molecule has 4 rings (SSSR count). The molecule has 3 aliphatic rings. The van der Waals surface area contributed by atoms with Gasteiger partial charge in [0.1, 0.15) is 18.6 Å². The molecule has 0 radical (unpaired) electrons. The molecule has 4 heterocycles. The highest BCUT2D eigenvalue weighted by molar-refractivity contribution is 8.03. The van der Waals surface area contributed by atoms with E-state index in [1.54, 1.807) is 6.92 Å². The third-order valence-corrected chi connectivity index (χ3v) is 9.93. The number of aromatic nitrogens is 4. The zero-order valence-electron chi connectivity index (χ0n) is 25.3. The van der Waals surface area contributed by atoms with Crippen LogP contribution in [0, 0.1) is 11.8 Å². The molecule has 5 atom stereocenters. The molecule has 0 unspecified atom stereocenters. The number of nitrogens with zero attached hydrogens (tertiary/aromatic N) is 6. The van der Waals surface area contributed by atoms with Gasteiger partial charge in [-0.05, 0) is 56.0 Å². The summed E-state index contributed by atoms with van der Waals surface area (Å²) in [5, 5.41) is 29.9. The quantitative estimate of drug-likeness (QED) is 0.168. The Morgan fingerprint density at radius 1 is 1.20 bits per heavy atom. The third-order valence-electron chi connectivity index (χ3n) is 8.42. The van der Waals surface area contributed by atoms with Crippen LogP contribution in [0.5, 0.6) is 0 Å². The molecular formula is C27H42N10O6S. The first kappa shape index (κ1) is 33.3. The van der Waals surface area contributed by atoms with Gasteiger partial charge in [0, 0.05) is 54.2 Å². The Labute approximate surface area is 259 Å². The van der Waals surface area contributed by atoms with Gasteiger partial charge < -0.3 is 36.6 Å². The number of aliphatic carboxylic acids is 1. The maximum atomic E-state index is 13.4. The highest BCUT2D eigenvalue weighted by Crippen LogP contribution is 2.44. The summed E-state index contributed by atoms with van der Waals surface area (Å²) in [6.07, 6.45) is 3.48. The van der Waals surface area contributed by atoms with Gasteiger partial charge in [-0.3, -0.25) is 19.2 Å². The number of carbonyl (C=O) groups is 5. The van der Waals surface area contributed by atoms with Crippen molar-refractivity contribution in [1.29, 1.82) is 0 Å². The second-order valence-electron chi connectivity index (χ2n) is 11.8. The lowest BCUT2D eigenvalue weighted by Gasteiger charge is -2.33. The van der Waals surface area contributed by atoms with Crippen molar-refractivity contribution in [3.63, 3.8) is 0 Å². The van der Waals surface area contributed by atoms with Crippen LogP contribution in [0.1, 0.15) is 46.5 Å².